The van der Waals surface area contributed by atoms with Crippen molar-refractivity contribution < 1.29 is 27.8 Å². The van der Waals surface area contributed by atoms with Gasteiger partial charge in [0, 0.05) is 43.7 Å². The fraction of sp³-hybridized carbons (Fsp3) is 0.455. The maximum absolute atomic E-state index is 16.1. The van der Waals surface area contributed by atoms with Crippen LogP contribution in [0.4, 0.5) is 19.4 Å². The molecular weight excluding hydrogens is 604 g/mol. The Labute approximate surface area is 267 Å². The highest BCUT2D eigenvalue weighted by Crippen LogP contribution is 2.42. The summed E-state index contributed by atoms with van der Waals surface area (Å²) >= 11 is 6.64. The molecule has 0 bridgehead atoms. The molecular formula is C33H40ClF2N5O4. The molecule has 2 amide bonds. The van der Waals surface area contributed by atoms with Crippen molar-refractivity contribution in [3.63, 3.8) is 0 Å². The van der Waals surface area contributed by atoms with Crippen molar-refractivity contribution in [1.29, 1.82) is 0 Å². The van der Waals surface area contributed by atoms with Gasteiger partial charge < -0.3 is 24.6 Å². The normalized spacial score (nSPS) is 13.6. The lowest BCUT2D eigenvalue weighted by Gasteiger charge is -2.35. The zero-order chi connectivity index (χ0) is 32.6. The highest BCUT2D eigenvalue weighted by atomic mass is 35.5. The fourth-order valence-electron chi connectivity index (χ4n) is 5.18. The van der Waals surface area contributed by atoms with Gasteiger partial charge in [-0.3, -0.25) is 4.79 Å². The van der Waals surface area contributed by atoms with Gasteiger partial charge in [0.2, 0.25) is 5.91 Å². The highest BCUT2D eigenvalue weighted by molar-refractivity contribution is 6.34. The predicted octanol–water partition coefficient (Wildman–Crippen LogP) is 6.92. The molecule has 45 heavy (non-hydrogen) atoms. The first-order valence-corrected chi connectivity index (χ1v) is 15.6. The molecule has 1 aliphatic rings. The van der Waals surface area contributed by atoms with Gasteiger partial charge in [-0.2, -0.15) is 0 Å². The average Bonchev–Trinajstić information content (AvgIpc) is 3.00. The summed E-state index contributed by atoms with van der Waals surface area (Å²) in [7, 11) is 0. The molecule has 1 N–H and O–H groups in total. The SMILES string of the molecule is C=CC(=O)N1CCN(c2ncnc3c(F)c(-c4c(F)cccc4OCCCCCCCNC(=O)OC(C)(C)C)c(Cl)cc23)CC1. The summed E-state index contributed by atoms with van der Waals surface area (Å²) in [6.45, 7) is 11.7. The number of hydrogen-bond donors (Lipinski definition) is 1. The lowest BCUT2D eigenvalue weighted by molar-refractivity contribution is -0.126. The number of anilines is 1. The summed E-state index contributed by atoms with van der Waals surface area (Å²) in [5.41, 5.74) is -0.701. The van der Waals surface area contributed by atoms with Crippen LogP contribution in [0.5, 0.6) is 5.75 Å². The number of amides is 2. The second kappa shape index (κ2) is 15.3. The van der Waals surface area contributed by atoms with Crippen LogP contribution in [0, 0.1) is 11.6 Å². The molecule has 1 saturated heterocycles. The Morgan fingerprint density at radius 3 is 2.47 bits per heavy atom. The van der Waals surface area contributed by atoms with Gasteiger partial charge >= 0.3 is 6.09 Å². The monoisotopic (exact) mass is 643 g/mol. The Morgan fingerprint density at radius 1 is 1.04 bits per heavy atom. The molecule has 0 unspecified atom stereocenters. The molecule has 4 rings (SSSR count). The molecule has 12 heteroatoms. The van der Waals surface area contributed by atoms with E-state index >= 15 is 8.78 Å². The number of carbonyl (C=O) groups is 2. The quantitative estimate of drug-likeness (QED) is 0.169. The maximum atomic E-state index is 16.1. The Kier molecular flexibility index (Phi) is 11.6. The largest absolute Gasteiger partial charge is 0.493 e. The van der Waals surface area contributed by atoms with E-state index < -0.39 is 23.3 Å². The van der Waals surface area contributed by atoms with E-state index in [0.29, 0.717) is 57.0 Å². The van der Waals surface area contributed by atoms with Gasteiger partial charge in [-0.15, -0.1) is 0 Å². The van der Waals surface area contributed by atoms with Gasteiger partial charge in [-0.1, -0.05) is 43.5 Å². The van der Waals surface area contributed by atoms with Crippen LogP contribution in [0.1, 0.15) is 52.9 Å². The van der Waals surface area contributed by atoms with Crippen LogP contribution in [-0.2, 0) is 9.53 Å². The first kappa shape index (κ1) is 33.9. The molecule has 0 spiro atoms. The van der Waals surface area contributed by atoms with Crippen molar-refractivity contribution in [3.05, 3.63) is 59.9 Å². The van der Waals surface area contributed by atoms with E-state index in [0.717, 1.165) is 25.7 Å². The standard InChI is InChI=1S/C33H40ClF2N5O4/c1-5-26(42)40-15-17-41(18-16-40)31-22-20-23(34)27(29(36)30(22)38-21-39-31)28-24(35)12-11-13-25(28)44-19-10-8-6-7-9-14-37-32(43)45-33(2,3)4/h5,11-13,20-21H,1,6-10,14-19H2,2-4H3,(H,37,43). The lowest BCUT2D eigenvalue weighted by Crippen LogP contribution is -2.48. The fourth-order valence-corrected chi connectivity index (χ4v) is 5.46. The van der Waals surface area contributed by atoms with Gasteiger partial charge in [0.1, 0.15) is 34.8 Å². The molecule has 3 aromatic rings. The van der Waals surface area contributed by atoms with Crippen molar-refractivity contribution in [3.8, 4) is 16.9 Å². The number of aromatic nitrogens is 2. The number of carbonyl (C=O) groups excluding carboxylic acids is 2. The minimum Gasteiger partial charge on any atom is -0.493 e. The molecule has 9 nitrogen and oxygen atoms in total. The zero-order valence-corrected chi connectivity index (χ0v) is 26.8. The van der Waals surface area contributed by atoms with E-state index in [2.05, 4.69) is 21.9 Å². The number of halogens is 3. The van der Waals surface area contributed by atoms with Crippen molar-refractivity contribution in [2.75, 3.05) is 44.2 Å². The Bertz CT molecular complexity index is 1520. The van der Waals surface area contributed by atoms with Gasteiger partial charge in [-0.25, -0.2) is 23.5 Å². The minimum atomic E-state index is -0.767. The maximum Gasteiger partial charge on any atom is 0.407 e. The van der Waals surface area contributed by atoms with Crippen LogP contribution in [0.2, 0.25) is 5.02 Å². The number of piperazine rings is 1. The predicted molar refractivity (Wildman–Crippen MR) is 172 cm³/mol. The smallest absolute Gasteiger partial charge is 0.407 e. The summed E-state index contributed by atoms with van der Waals surface area (Å²) in [5.74, 6) is -0.898. The number of nitrogens with zero attached hydrogens (tertiary/aromatic N) is 4. The van der Waals surface area contributed by atoms with Crippen LogP contribution < -0.4 is 15.0 Å². The van der Waals surface area contributed by atoms with Crippen LogP contribution in [-0.4, -0.2) is 71.8 Å². The molecule has 242 valence electrons. The number of rotatable bonds is 12. The summed E-state index contributed by atoms with van der Waals surface area (Å²) < 4.78 is 42.6. The number of hydrogen-bond acceptors (Lipinski definition) is 7. The Balaban J connectivity index is 1.39. The second-order valence-electron chi connectivity index (χ2n) is 11.8. The van der Waals surface area contributed by atoms with E-state index in [1.807, 2.05) is 25.7 Å². The number of ether oxygens (including phenoxy) is 2. The van der Waals surface area contributed by atoms with Crippen molar-refractivity contribution in [2.45, 2.75) is 58.5 Å². The van der Waals surface area contributed by atoms with Gasteiger partial charge in [0.05, 0.1) is 17.2 Å². The summed E-state index contributed by atoms with van der Waals surface area (Å²) in [4.78, 5) is 35.9. The summed E-state index contributed by atoms with van der Waals surface area (Å²) in [6.07, 6.45) is 6.40. The highest BCUT2D eigenvalue weighted by Gasteiger charge is 2.26. The number of benzene rings is 2. The number of fused-ring (bicyclic) bond motifs is 1. The Morgan fingerprint density at radius 2 is 1.76 bits per heavy atom. The van der Waals surface area contributed by atoms with E-state index in [1.54, 1.807) is 17.0 Å². The van der Waals surface area contributed by atoms with E-state index in [4.69, 9.17) is 21.1 Å². The lowest BCUT2D eigenvalue weighted by atomic mass is 10.0. The van der Waals surface area contributed by atoms with Crippen molar-refractivity contribution in [2.24, 2.45) is 0 Å². The van der Waals surface area contributed by atoms with Gasteiger partial charge in [0.25, 0.3) is 0 Å². The molecule has 2 aromatic carbocycles. The number of nitrogens with one attached hydrogen (secondary N) is 1. The number of alkyl carbamates (subject to hydrolysis) is 1. The molecule has 0 saturated carbocycles. The van der Waals surface area contributed by atoms with Crippen LogP contribution >= 0.6 is 11.6 Å². The Hall–Kier alpha value is -3.99. The van der Waals surface area contributed by atoms with E-state index in [1.165, 1.54) is 24.5 Å². The first-order chi connectivity index (χ1) is 21.5. The molecule has 0 radical (unpaired) electrons. The third kappa shape index (κ3) is 8.81. The molecule has 1 aliphatic heterocycles. The van der Waals surface area contributed by atoms with E-state index in [-0.39, 0.29) is 33.3 Å². The summed E-state index contributed by atoms with van der Waals surface area (Å²) in [5, 5.41) is 3.15. The first-order valence-electron chi connectivity index (χ1n) is 15.2. The van der Waals surface area contributed by atoms with Crippen molar-refractivity contribution >= 4 is 40.3 Å². The molecule has 0 atom stereocenters. The third-order valence-corrected chi connectivity index (χ3v) is 7.64. The summed E-state index contributed by atoms with van der Waals surface area (Å²) in [6, 6.07) is 5.90. The van der Waals surface area contributed by atoms with Crippen LogP contribution in [0.25, 0.3) is 22.0 Å². The average molecular weight is 644 g/mol. The van der Waals surface area contributed by atoms with Gasteiger partial charge in [0.15, 0.2) is 5.82 Å². The van der Waals surface area contributed by atoms with E-state index in [9.17, 15) is 9.59 Å². The molecule has 0 aliphatic carbocycles. The molecule has 1 fully saturated rings. The third-order valence-electron chi connectivity index (χ3n) is 7.34. The van der Waals surface area contributed by atoms with Crippen LogP contribution in [0.15, 0.2) is 43.2 Å². The van der Waals surface area contributed by atoms with Crippen LogP contribution in [0.3, 0.4) is 0 Å². The molecule has 2 heterocycles. The second-order valence-corrected chi connectivity index (χ2v) is 12.2. The minimum absolute atomic E-state index is 0.00598. The van der Waals surface area contributed by atoms with Crippen molar-refractivity contribution in [1.82, 2.24) is 20.2 Å². The number of unbranched alkanes of at least 4 members (excludes halogenated alkanes) is 4. The van der Waals surface area contributed by atoms with Gasteiger partial charge in [-0.05, 0) is 57.9 Å². The molecule has 1 aromatic heterocycles. The topological polar surface area (TPSA) is 96.9 Å². The zero-order valence-electron chi connectivity index (χ0n) is 26.0.